The van der Waals surface area contributed by atoms with Gasteiger partial charge >= 0.3 is 0 Å². The topological polar surface area (TPSA) is 15.7 Å². The summed E-state index contributed by atoms with van der Waals surface area (Å²) in [6.07, 6.45) is 19.8. The molecule has 0 unspecified atom stereocenters. The van der Waals surface area contributed by atoms with E-state index in [9.17, 15) is 0 Å². The number of hydrogen-bond acceptors (Lipinski definition) is 3. The maximum Gasteiger partial charge on any atom is 0.0956 e. The van der Waals surface area contributed by atoms with Crippen molar-refractivity contribution >= 4 is 0 Å². The summed E-state index contributed by atoms with van der Waals surface area (Å²) in [6, 6.07) is 0. The Kier molecular flexibility index (Phi) is 9.89. The van der Waals surface area contributed by atoms with E-state index in [1.165, 1.54) is 51.9 Å². The van der Waals surface area contributed by atoms with Crippen LogP contribution in [0.4, 0.5) is 0 Å². The molecular formula is C21H36N2O. The van der Waals surface area contributed by atoms with Crippen molar-refractivity contribution in [2.24, 2.45) is 0 Å². The number of rotatable bonds is 10. The van der Waals surface area contributed by atoms with E-state index in [2.05, 4.69) is 47.1 Å². The van der Waals surface area contributed by atoms with Crippen molar-refractivity contribution in [1.82, 2.24) is 9.80 Å². The molecule has 0 spiro atoms. The molecule has 0 atom stereocenters. The van der Waals surface area contributed by atoms with Gasteiger partial charge in [0.1, 0.15) is 0 Å². The minimum atomic E-state index is 0.835. The lowest BCUT2D eigenvalue weighted by Gasteiger charge is -2.25. The van der Waals surface area contributed by atoms with Gasteiger partial charge in [-0.25, -0.2) is 0 Å². The average molecular weight is 333 g/mol. The Bertz CT molecular complexity index is 408. The summed E-state index contributed by atoms with van der Waals surface area (Å²) in [6.45, 7) is 10.2. The summed E-state index contributed by atoms with van der Waals surface area (Å²) < 4.78 is 5.93. The molecule has 1 saturated heterocycles. The fourth-order valence-electron chi connectivity index (χ4n) is 3.36. The molecule has 1 fully saturated rings. The van der Waals surface area contributed by atoms with Crippen LogP contribution in [-0.2, 0) is 4.74 Å². The Hall–Kier alpha value is -1.06. The van der Waals surface area contributed by atoms with E-state index < -0.39 is 0 Å². The second kappa shape index (κ2) is 12.3. The minimum absolute atomic E-state index is 0.835. The highest BCUT2D eigenvalue weighted by atomic mass is 16.5. The fraction of sp³-hybridized carbons (Fsp3) is 0.714. The van der Waals surface area contributed by atoms with E-state index in [0.29, 0.717) is 0 Å². The van der Waals surface area contributed by atoms with Crippen LogP contribution in [0.5, 0.6) is 0 Å². The molecule has 3 nitrogen and oxygen atoms in total. The van der Waals surface area contributed by atoms with Crippen molar-refractivity contribution in [3.63, 3.8) is 0 Å². The molecule has 0 saturated carbocycles. The SMILES string of the molecule is CC/C(=C\C=C/CCN1CCCCC1)OCCCN1CC=CCC1. The number of nitrogens with zero attached hydrogens (tertiary/aromatic N) is 2. The van der Waals surface area contributed by atoms with E-state index in [-0.39, 0.29) is 0 Å². The Morgan fingerprint density at radius 3 is 2.67 bits per heavy atom. The fourth-order valence-corrected chi connectivity index (χ4v) is 3.36. The van der Waals surface area contributed by atoms with Crippen LogP contribution in [-0.4, -0.2) is 55.7 Å². The highest BCUT2D eigenvalue weighted by Crippen LogP contribution is 2.09. The third kappa shape index (κ3) is 8.16. The van der Waals surface area contributed by atoms with Gasteiger partial charge in [0.2, 0.25) is 0 Å². The zero-order chi connectivity index (χ0) is 16.9. The first-order valence-corrected chi connectivity index (χ1v) is 9.96. The van der Waals surface area contributed by atoms with Gasteiger partial charge in [0, 0.05) is 32.6 Å². The van der Waals surface area contributed by atoms with Crippen LogP contribution in [0.15, 0.2) is 36.1 Å². The molecule has 0 bridgehead atoms. The molecule has 0 aromatic rings. The molecule has 0 aromatic carbocycles. The van der Waals surface area contributed by atoms with Crippen LogP contribution in [0, 0.1) is 0 Å². The van der Waals surface area contributed by atoms with Gasteiger partial charge in [-0.3, -0.25) is 4.90 Å². The van der Waals surface area contributed by atoms with Gasteiger partial charge in [-0.05, 0) is 51.3 Å². The number of allylic oxidation sites excluding steroid dienone is 3. The summed E-state index contributed by atoms with van der Waals surface area (Å²) in [4.78, 5) is 5.09. The second-order valence-corrected chi connectivity index (χ2v) is 6.87. The first-order chi connectivity index (χ1) is 11.9. The van der Waals surface area contributed by atoms with Crippen LogP contribution in [0.2, 0.25) is 0 Å². The van der Waals surface area contributed by atoms with Crippen LogP contribution in [0.25, 0.3) is 0 Å². The van der Waals surface area contributed by atoms with Gasteiger partial charge in [-0.2, -0.15) is 0 Å². The van der Waals surface area contributed by atoms with Crippen LogP contribution < -0.4 is 0 Å². The molecular weight excluding hydrogens is 296 g/mol. The largest absolute Gasteiger partial charge is 0.498 e. The Morgan fingerprint density at radius 2 is 1.92 bits per heavy atom. The van der Waals surface area contributed by atoms with Gasteiger partial charge < -0.3 is 9.64 Å². The summed E-state index contributed by atoms with van der Waals surface area (Å²) in [5, 5.41) is 0. The smallest absolute Gasteiger partial charge is 0.0956 e. The van der Waals surface area contributed by atoms with Gasteiger partial charge in [0.15, 0.2) is 0 Å². The van der Waals surface area contributed by atoms with Crippen LogP contribution in [0.1, 0.15) is 51.9 Å². The van der Waals surface area contributed by atoms with Gasteiger partial charge in [-0.1, -0.05) is 37.6 Å². The summed E-state index contributed by atoms with van der Waals surface area (Å²) >= 11 is 0. The average Bonchev–Trinajstić information content (AvgIpc) is 2.65. The van der Waals surface area contributed by atoms with Crippen LogP contribution in [0.3, 0.4) is 0 Å². The molecule has 3 heteroatoms. The maximum absolute atomic E-state index is 5.93. The molecule has 0 aromatic heterocycles. The Labute approximate surface area is 149 Å². The lowest BCUT2D eigenvalue weighted by atomic mass is 10.1. The molecule has 2 aliphatic rings. The number of hydrogen-bond donors (Lipinski definition) is 0. The van der Waals surface area contributed by atoms with E-state index in [0.717, 1.165) is 44.7 Å². The standard InChI is InChI=1S/C21H36N2O/c1-2-21(24-20-12-19-23-17-10-5-11-18-23)13-6-3-7-14-22-15-8-4-9-16-22/h3,5-6,10,13H,2,4,7-9,11-12,14-20H2,1H3/b6-3-,21-13+. The Balaban J connectivity index is 1.54. The molecule has 0 N–H and O–H groups in total. The van der Waals surface area contributed by atoms with Gasteiger partial charge in [-0.15, -0.1) is 0 Å². The predicted octanol–water partition coefficient (Wildman–Crippen LogP) is 4.38. The normalized spacial score (nSPS) is 20.8. The zero-order valence-electron chi connectivity index (χ0n) is 15.6. The van der Waals surface area contributed by atoms with Crippen molar-refractivity contribution < 1.29 is 4.74 Å². The maximum atomic E-state index is 5.93. The monoisotopic (exact) mass is 332 g/mol. The van der Waals surface area contributed by atoms with Crippen molar-refractivity contribution in [3.05, 3.63) is 36.1 Å². The molecule has 136 valence electrons. The van der Waals surface area contributed by atoms with Gasteiger partial charge in [0.05, 0.1) is 12.4 Å². The predicted molar refractivity (Wildman–Crippen MR) is 103 cm³/mol. The Morgan fingerprint density at radius 1 is 1.04 bits per heavy atom. The highest BCUT2D eigenvalue weighted by molar-refractivity contribution is 5.07. The second-order valence-electron chi connectivity index (χ2n) is 6.87. The lowest BCUT2D eigenvalue weighted by Crippen LogP contribution is -2.30. The molecule has 24 heavy (non-hydrogen) atoms. The molecule has 2 rings (SSSR count). The van der Waals surface area contributed by atoms with E-state index >= 15 is 0 Å². The van der Waals surface area contributed by atoms with Crippen molar-refractivity contribution in [3.8, 4) is 0 Å². The molecule has 0 aliphatic carbocycles. The molecule has 0 radical (unpaired) electrons. The van der Waals surface area contributed by atoms with Crippen LogP contribution >= 0.6 is 0 Å². The first kappa shape index (κ1) is 19.3. The van der Waals surface area contributed by atoms with Gasteiger partial charge in [0.25, 0.3) is 0 Å². The van der Waals surface area contributed by atoms with E-state index in [4.69, 9.17) is 4.74 Å². The van der Waals surface area contributed by atoms with E-state index in [1.54, 1.807) is 0 Å². The minimum Gasteiger partial charge on any atom is -0.498 e. The number of ether oxygens (including phenoxy) is 1. The molecule has 0 amide bonds. The first-order valence-electron chi connectivity index (χ1n) is 9.96. The number of piperidine rings is 1. The van der Waals surface area contributed by atoms with Crippen molar-refractivity contribution in [2.75, 3.05) is 45.9 Å². The summed E-state index contributed by atoms with van der Waals surface area (Å²) in [7, 11) is 0. The quantitative estimate of drug-likeness (QED) is 0.255. The summed E-state index contributed by atoms with van der Waals surface area (Å²) in [5.74, 6) is 1.11. The van der Waals surface area contributed by atoms with Crippen molar-refractivity contribution in [2.45, 2.75) is 51.9 Å². The number of likely N-dealkylation sites (tertiary alicyclic amines) is 1. The third-order valence-corrected chi connectivity index (χ3v) is 4.88. The van der Waals surface area contributed by atoms with Crippen molar-refractivity contribution in [1.29, 1.82) is 0 Å². The highest BCUT2D eigenvalue weighted by Gasteiger charge is 2.08. The van der Waals surface area contributed by atoms with E-state index in [1.807, 2.05) is 0 Å². The molecule has 2 aliphatic heterocycles. The third-order valence-electron chi connectivity index (χ3n) is 4.88. The molecule has 2 heterocycles. The zero-order valence-corrected chi connectivity index (χ0v) is 15.6. The summed E-state index contributed by atoms with van der Waals surface area (Å²) in [5.41, 5.74) is 0. The lowest BCUT2D eigenvalue weighted by molar-refractivity contribution is 0.180.